The van der Waals surface area contributed by atoms with Crippen LogP contribution < -0.4 is 0 Å². The lowest BCUT2D eigenvalue weighted by Crippen LogP contribution is -1.89. The van der Waals surface area contributed by atoms with Crippen molar-refractivity contribution in [3.63, 3.8) is 0 Å². The number of hydrogen-bond acceptors (Lipinski definition) is 0. The molecule has 0 nitrogen and oxygen atoms in total. The molecule has 0 fully saturated rings. The highest BCUT2D eigenvalue weighted by Gasteiger charge is 1.95. The van der Waals surface area contributed by atoms with Crippen LogP contribution in [0.25, 0.3) is 0 Å². The molecule has 0 bridgehead atoms. The molecule has 0 aliphatic rings. The summed E-state index contributed by atoms with van der Waals surface area (Å²) in [6.45, 7) is 17.2. The summed E-state index contributed by atoms with van der Waals surface area (Å²) in [6.07, 6.45) is 7.14. The van der Waals surface area contributed by atoms with Gasteiger partial charge < -0.3 is 0 Å². The van der Waals surface area contributed by atoms with Crippen molar-refractivity contribution in [1.82, 2.24) is 0 Å². The SMILES string of the molecule is CC.CC.CC(C)CCCCCC(C)C. The second-order valence-electron chi connectivity index (χ2n) is 4.43. The Morgan fingerprint density at radius 2 is 0.800 bits per heavy atom. The van der Waals surface area contributed by atoms with Gasteiger partial charge >= 0.3 is 0 Å². The van der Waals surface area contributed by atoms with E-state index >= 15 is 0 Å². The van der Waals surface area contributed by atoms with Crippen molar-refractivity contribution in [2.24, 2.45) is 11.8 Å². The topological polar surface area (TPSA) is 0 Å². The Labute approximate surface area is 99.9 Å². The van der Waals surface area contributed by atoms with Gasteiger partial charge in [-0.25, -0.2) is 0 Å². The monoisotopic (exact) mass is 216 g/mol. The molecular weight excluding hydrogens is 180 g/mol. The molecule has 96 valence electrons. The third-order valence-corrected chi connectivity index (χ3v) is 2.06. The Balaban J connectivity index is -0.000000318. The van der Waals surface area contributed by atoms with Crippen molar-refractivity contribution in [3.8, 4) is 0 Å². The Morgan fingerprint density at radius 1 is 0.533 bits per heavy atom. The third kappa shape index (κ3) is 31.5. The predicted molar refractivity (Wildman–Crippen MR) is 75.5 cm³/mol. The van der Waals surface area contributed by atoms with Crippen LogP contribution in [0.1, 0.15) is 87.5 Å². The first-order chi connectivity index (χ1) is 7.13. The van der Waals surface area contributed by atoms with Crippen LogP contribution in [0.2, 0.25) is 0 Å². The summed E-state index contributed by atoms with van der Waals surface area (Å²) in [7, 11) is 0. The van der Waals surface area contributed by atoms with Gasteiger partial charge in [0.2, 0.25) is 0 Å². The maximum Gasteiger partial charge on any atom is -0.0471 e. The lowest BCUT2D eigenvalue weighted by molar-refractivity contribution is 0.486. The Kier molecular flexibility index (Phi) is 26.6. The molecule has 0 aliphatic heterocycles. The average molecular weight is 216 g/mol. The molecular formula is C15H36. The van der Waals surface area contributed by atoms with Crippen LogP contribution in [-0.2, 0) is 0 Å². The fourth-order valence-electron chi connectivity index (χ4n) is 1.28. The molecule has 0 amide bonds. The Morgan fingerprint density at radius 3 is 1.00 bits per heavy atom. The minimum absolute atomic E-state index is 0.897. The van der Waals surface area contributed by atoms with E-state index in [2.05, 4.69) is 27.7 Å². The molecule has 0 heteroatoms. The Hall–Kier alpha value is 0. The van der Waals surface area contributed by atoms with E-state index in [1.54, 1.807) is 0 Å². The number of unbranched alkanes of at least 4 members (excludes halogenated alkanes) is 2. The maximum atomic E-state index is 2.31. The molecule has 0 spiro atoms. The van der Waals surface area contributed by atoms with Gasteiger partial charge in [0.15, 0.2) is 0 Å². The van der Waals surface area contributed by atoms with Gasteiger partial charge in [-0.05, 0) is 11.8 Å². The molecule has 0 radical (unpaired) electrons. The van der Waals surface area contributed by atoms with Gasteiger partial charge in [-0.3, -0.25) is 0 Å². The van der Waals surface area contributed by atoms with Gasteiger partial charge in [-0.15, -0.1) is 0 Å². The van der Waals surface area contributed by atoms with Crippen molar-refractivity contribution in [2.45, 2.75) is 87.5 Å². The molecule has 0 aliphatic carbocycles. The zero-order chi connectivity index (χ0) is 12.7. The summed E-state index contributed by atoms with van der Waals surface area (Å²) in [6, 6.07) is 0. The van der Waals surface area contributed by atoms with Crippen LogP contribution in [0.5, 0.6) is 0 Å². The molecule has 0 saturated carbocycles. The first-order valence-electron chi connectivity index (χ1n) is 7.13. The average Bonchev–Trinajstić information content (AvgIpc) is 2.22. The number of rotatable bonds is 6. The van der Waals surface area contributed by atoms with E-state index in [1.165, 1.54) is 32.1 Å². The summed E-state index contributed by atoms with van der Waals surface area (Å²) >= 11 is 0. The van der Waals surface area contributed by atoms with E-state index in [-0.39, 0.29) is 0 Å². The van der Waals surface area contributed by atoms with Crippen LogP contribution >= 0.6 is 0 Å². The summed E-state index contributed by atoms with van der Waals surface area (Å²) in [5, 5.41) is 0. The quantitative estimate of drug-likeness (QED) is 0.457. The largest absolute Gasteiger partial charge is 0.0683 e. The molecule has 0 rings (SSSR count). The highest BCUT2D eigenvalue weighted by molar-refractivity contribution is 4.49. The van der Waals surface area contributed by atoms with Crippen LogP contribution in [0.3, 0.4) is 0 Å². The lowest BCUT2D eigenvalue weighted by atomic mass is 10.0. The van der Waals surface area contributed by atoms with Crippen molar-refractivity contribution >= 4 is 0 Å². The van der Waals surface area contributed by atoms with Gasteiger partial charge in [-0.1, -0.05) is 87.5 Å². The third-order valence-electron chi connectivity index (χ3n) is 2.06. The normalized spacial score (nSPS) is 9.20. The first kappa shape index (κ1) is 20.4. The van der Waals surface area contributed by atoms with E-state index in [0.717, 1.165) is 11.8 Å². The van der Waals surface area contributed by atoms with Gasteiger partial charge in [0.1, 0.15) is 0 Å². The van der Waals surface area contributed by atoms with E-state index in [4.69, 9.17) is 0 Å². The van der Waals surface area contributed by atoms with Crippen LogP contribution in [0, 0.1) is 11.8 Å². The standard InChI is InChI=1S/C11H24.2C2H6/c1-10(2)8-6-5-7-9-11(3)4;2*1-2/h10-11H,5-9H2,1-4H3;2*1-2H3. The second kappa shape index (κ2) is 19.6. The molecule has 15 heavy (non-hydrogen) atoms. The molecule has 0 aromatic carbocycles. The smallest absolute Gasteiger partial charge is 0.0471 e. The van der Waals surface area contributed by atoms with Crippen LogP contribution in [0.15, 0.2) is 0 Å². The Bertz CT molecular complexity index is 62.1. The summed E-state index contributed by atoms with van der Waals surface area (Å²) in [4.78, 5) is 0. The summed E-state index contributed by atoms with van der Waals surface area (Å²) in [5.41, 5.74) is 0. The summed E-state index contributed by atoms with van der Waals surface area (Å²) < 4.78 is 0. The maximum absolute atomic E-state index is 2.31. The fourth-order valence-corrected chi connectivity index (χ4v) is 1.28. The second-order valence-corrected chi connectivity index (χ2v) is 4.43. The minimum Gasteiger partial charge on any atom is -0.0683 e. The zero-order valence-corrected chi connectivity index (χ0v) is 12.7. The highest BCUT2D eigenvalue weighted by Crippen LogP contribution is 2.12. The molecule has 0 unspecified atom stereocenters. The van der Waals surface area contributed by atoms with Gasteiger partial charge in [0, 0.05) is 0 Å². The molecule has 0 atom stereocenters. The van der Waals surface area contributed by atoms with Crippen molar-refractivity contribution in [2.75, 3.05) is 0 Å². The predicted octanol–water partition coefficient (Wildman–Crippen LogP) is 6.30. The molecule has 0 aromatic heterocycles. The molecule has 0 heterocycles. The van der Waals surface area contributed by atoms with E-state index in [9.17, 15) is 0 Å². The van der Waals surface area contributed by atoms with E-state index < -0.39 is 0 Å². The van der Waals surface area contributed by atoms with Crippen molar-refractivity contribution < 1.29 is 0 Å². The van der Waals surface area contributed by atoms with Gasteiger partial charge in [0.25, 0.3) is 0 Å². The fraction of sp³-hybridized carbons (Fsp3) is 1.00. The molecule has 0 N–H and O–H groups in total. The lowest BCUT2D eigenvalue weighted by Gasteiger charge is -2.05. The minimum atomic E-state index is 0.897. The van der Waals surface area contributed by atoms with Gasteiger partial charge in [0.05, 0.1) is 0 Å². The highest BCUT2D eigenvalue weighted by atomic mass is 14.0. The van der Waals surface area contributed by atoms with E-state index in [1.807, 2.05) is 27.7 Å². The van der Waals surface area contributed by atoms with Crippen LogP contribution in [0.4, 0.5) is 0 Å². The summed E-state index contributed by atoms with van der Waals surface area (Å²) in [5.74, 6) is 1.79. The molecule has 0 aromatic rings. The van der Waals surface area contributed by atoms with Crippen molar-refractivity contribution in [3.05, 3.63) is 0 Å². The van der Waals surface area contributed by atoms with Crippen LogP contribution in [-0.4, -0.2) is 0 Å². The zero-order valence-electron chi connectivity index (χ0n) is 12.7. The van der Waals surface area contributed by atoms with Gasteiger partial charge in [-0.2, -0.15) is 0 Å². The van der Waals surface area contributed by atoms with E-state index in [0.29, 0.717) is 0 Å². The first-order valence-corrected chi connectivity index (χ1v) is 7.13. The van der Waals surface area contributed by atoms with Crippen molar-refractivity contribution in [1.29, 1.82) is 0 Å². The molecule has 0 saturated heterocycles. The number of hydrogen-bond donors (Lipinski definition) is 0.